The fraction of sp³-hybridized carbons (Fsp3) is 0.0909. The van der Waals surface area contributed by atoms with Gasteiger partial charge in [0, 0.05) is 5.56 Å². The predicted molar refractivity (Wildman–Crippen MR) is 103 cm³/mol. The Labute approximate surface area is 162 Å². The van der Waals surface area contributed by atoms with E-state index in [0.29, 0.717) is 11.3 Å². The van der Waals surface area contributed by atoms with Gasteiger partial charge in [-0.3, -0.25) is 20.4 Å². The standard InChI is InChI=1S/C22H19FN2O3/c1-15-6-2-3-7-18(15)21(26)24-25-22(27)19-8-4-5-9-20(19)28-14-16-10-12-17(23)13-11-16/h2-13H,14H2,1H3,(H,24,26)(H,25,27). The Morgan fingerprint density at radius 1 is 0.821 bits per heavy atom. The highest BCUT2D eigenvalue weighted by Crippen LogP contribution is 2.19. The number of rotatable bonds is 5. The average molecular weight is 378 g/mol. The van der Waals surface area contributed by atoms with Gasteiger partial charge in [-0.2, -0.15) is 0 Å². The van der Waals surface area contributed by atoms with Crippen molar-refractivity contribution in [1.82, 2.24) is 10.9 Å². The number of hydrazine groups is 1. The molecule has 3 aromatic rings. The minimum absolute atomic E-state index is 0.181. The van der Waals surface area contributed by atoms with E-state index in [9.17, 15) is 14.0 Å². The molecule has 2 N–H and O–H groups in total. The van der Waals surface area contributed by atoms with Crippen molar-refractivity contribution in [2.24, 2.45) is 0 Å². The van der Waals surface area contributed by atoms with E-state index in [1.165, 1.54) is 12.1 Å². The summed E-state index contributed by atoms with van der Waals surface area (Å²) >= 11 is 0. The van der Waals surface area contributed by atoms with E-state index in [4.69, 9.17) is 4.74 Å². The molecule has 3 aromatic carbocycles. The lowest BCUT2D eigenvalue weighted by atomic mass is 10.1. The molecule has 0 fully saturated rings. The Kier molecular flexibility index (Phi) is 6.01. The molecule has 28 heavy (non-hydrogen) atoms. The Bertz CT molecular complexity index is 987. The van der Waals surface area contributed by atoms with Crippen LogP contribution in [0.3, 0.4) is 0 Å². The lowest BCUT2D eigenvalue weighted by Crippen LogP contribution is -2.42. The number of aryl methyl sites for hydroxylation is 1. The number of carbonyl (C=O) groups is 2. The molecule has 0 aliphatic heterocycles. The van der Waals surface area contributed by atoms with Gasteiger partial charge in [-0.1, -0.05) is 42.5 Å². The molecule has 0 spiro atoms. The zero-order valence-electron chi connectivity index (χ0n) is 15.2. The quantitative estimate of drug-likeness (QED) is 0.664. The number of hydrogen-bond acceptors (Lipinski definition) is 3. The van der Waals surface area contributed by atoms with Crippen LogP contribution in [0.5, 0.6) is 5.75 Å². The van der Waals surface area contributed by atoms with Crippen LogP contribution < -0.4 is 15.6 Å². The largest absolute Gasteiger partial charge is 0.488 e. The predicted octanol–water partition coefficient (Wildman–Crippen LogP) is 3.79. The molecule has 0 aliphatic rings. The molecule has 142 valence electrons. The normalized spacial score (nSPS) is 10.2. The van der Waals surface area contributed by atoms with Crippen LogP contribution in [0.2, 0.25) is 0 Å². The fourth-order valence-electron chi connectivity index (χ4n) is 2.60. The van der Waals surface area contributed by atoms with Gasteiger partial charge in [0.05, 0.1) is 5.56 Å². The molecule has 0 unspecified atom stereocenters. The summed E-state index contributed by atoms with van der Waals surface area (Å²) < 4.78 is 18.7. The van der Waals surface area contributed by atoms with Crippen LogP contribution in [-0.4, -0.2) is 11.8 Å². The van der Waals surface area contributed by atoms with Gasteiger partial charge in [-0.15, -0.1) is 0 Å². The van der Waals surface area contributed by atoms with Gasteiger partial charge in [0.1, 0.15) is 18.2 Å². The van der Waals surface area contributed by atoms with Crippen LogP contribution in [0, 0.1) is 12.7 Å². The van der Waals surface area contributed by atoms with Crippen molar-refractivity contribution in [1.29, 1.82) is 0 Å². The lowest BCUT2D eigenvalue weighted by molar-refractivity contribution is 0.0843. The van der Waals surface area contributed by atoms with Crippen molar-refractivity contribution in [3.63, 3.8) is 0 Å². The monoisotopic (exact) mass is 378 g/mol. The molecule has 0 bridgehead atoms. The maximum Gasteiger partial charge on any atom is 0.273 e. The third-order valence-corrected chi connectivity index (χ3v) is 4.12. The Morgan fingerprint density at radius 3 is 2.07 bits per heavy atom. The van der Waals surface area contributed by atoms with Gasteiger partial charge in [0.25, 0.3) is 11.8 Å². The topological polar surface area (TPSA) is 67.4 Å². The highest BCUT2D eigenvalue weighted by atomic mass is 19.1. The molecule has 0 aliphatic carbocycles. The molecule has 0 saturated carbocycles. The summed E-state index contributed by atoms with van der Waals surface area (Å²) in [4.78, 5) is 24.7. The van der Waals surface area contributed by atoms with Crippen molar-refractivity contribution >= 4 is 11.8 Å². The van der Waals surface area contributed by atoms with Crippen LogP contribution in [0.25, 0.3) is 0 Å². The van der Waals surface area contributed by atoms with Crippen LogP contribution in [0.15, 0.2) is 72.8 Å². The highest BCUT2D eigenvalue weighted by molar-refractivity contribution is 6.00. The summed E-state index contributed by atoms with van der Waals surface area (Å²) in [7, 11) is 0. The molecule has 0 saturated heterocycles. The summed E-state index contributed by atoms with van der Waals surface area (Å²) in [6.45, 7) is 2.00. The average Bonchev–Trinajstić information content (AvgIpc) is 2.72. The van der Waals surface area contributed by atoms with Gasteiger partial charge in [-0.25, -0.2) is 4.39 Å². The Hall–Kier alpha value is -3.67. The van der Waals surface area contributed by atoms with Crippen molar-refractivity contribution < 1.29 is 18.7 Å². The zero-order chi connectivity index (χ0) is 19.9. The minimum Gasteiger partial charge on any atom is -0.488 e. The van der Waals surface area contributed by atoms with E-state index in [1.807, 2.05) is 19.1 Å². The summed E-state index contributed by atoms with van der Waals surface area (Å²) in [6.07, 6.45) is 0. The van der Waals surface area contributed by atoms with E-state index in [2.05, 4.69) is 10.9 Å². The van der Waals surface area contributed by atoms with Gasteiger partial charge in [0.15, 0.2) is 0 Å². The van der Waals surface area contributed by atoms with Crippen LogP contribution in [0.1, 0.15) is 31.8 Å². The minimum atomic E-state index is -0.503. The first-order chi connectivity index (χ1) is 13.5. The van der Waals surface area contributed by atoms with E-state index in [1.54, 1.807) is 48.5 Å². The van der Waals surface area contributed by atoms with E-state index in [-0.39, 0.29) is 18.0 Å². The molecule has 0 radical (unpaired) electrons. The fourth-order valence-corrected chi connectivity index (χ4v) is 2.60. The summed E-state index contributed by atoms with van der Waals surface area (Å²) in [5.74, 6) is -0.879. The molecule has 2 amide bonds. The second kappa shape index (κ2) is 8.81. The molecule has 0 aromatic heterocycles. The van der Waals surface area contributed by atoms with Crippen LogP contribution in [-0.2, 0) is 6.61 Å². The number of para-hydroxylation sites is 1. The first-order valence-electron chi connectivity index (χ1n) is 8.67. The van der Waals surface area contributed by atoms with Crippen molar-refractivity contribution in [2.75, 3.05) is 0 Å². The van der Waals surface area contributed by atoms with Crippen molar-refractivity contribution in [3.05, 3.63) is 101 Å². The second-order valence-electron chi connectivity index (χ2n) is 6.13. The zero-order valence-corrected chi connectivity index (χ0v) is 15.2. The van der Waals surface area contributed by atoms with Gasteiger partial charge in [-0.05, 0) is 48.4 Å². The third kappa shape index (κ3) is 4.73. The Balaban J connectivity index is 1.64. The molecule has 5 nitrogen and oxygen atoms in total. The molecule has 0 atom stereocenters. The smallest absolute Gasteiger partial charge is 0.273 e. The van der Waals surface area contributed by atoms with Crippen LogP contribution >= 0.6 is 0 Å². The third-order valence-electron chi connectivity index (χ3n) is 4.12. The van der Waals surface area contributed by atoms with Gasteiger partial charge < -0.3 is 4.74 Å². The lowest BCUT2D eigenvalue weighted by Gasteiger charge is -2.13. The number of nitrogens with one attached hydrogen (secondary N) is 2. The second-order valence-corrected chi connectivity index (χ2v) is 6.13. The first kappa shape index (κ1) is 19.1. The maximum atomic E-state index is 13.0. The summed E-state index contributed by atoms with van der Waals surface area (Å²) in [6, 6.07) is 19.7. The molecular formula is C22H19FN2O3. The maximum absolute atomic E-state index is 13.0. The van der Waals surface area contributed by atoms with Crippen molar-refractivity contribution in [2.45, 2.75) is 13.5 Å². The van der Waals surface area contributed by atoms with Crippen molar-refractivity contribution in [3.8, 4) is 5.75 Å². The van der Waals surface area contributed by atoms with Crippen LogP contribution in [0.4, 0.5) is 4.39 Å². The highest BCUT2D eigenvalue weighted by Gasteiger charge is 2.14. The number of hydrogen-bond donors (Lipinski definition) is 2. The van der Waals surface area contributed by atoms with Gasteiger partial charge in [0.2, 0.25) is 0 Å². The van der Waals surface area contributed by atoms with E-state index < -0.39 is 11.8 Å². The van der Waals surface area contributed by atoms with E-state index >= 15 is 0 Å². The summed E-state index contributed by atoms with van der Waals surface area (Å²) in [5.41, 5.74) is 7.13. The SMILES string of the molecule is Cc1ccccc1C(=O)NNC(=O)c1ccccc1OCc1ccc(F)cc1. The molecule has 3 rings (SSSR count). The Morgan fingerprint density at radius 2 is 1.39 bits per heavy atom. The number of amides is 2. The molecule has 6 heteroatoms. The molecular weight excluding hydrogens is 359 g/mol. The first-order valence-corrected chi connectivity index (χ1v) is 8.67. The van der Waals surface area contributed by atoms with Gasteiger partial charge >= 0.3 is 0 Å². The number of benzene rings is 3. The van der Waals surface area contributed by atoms with E-state index in [0.717, 1.165) is 11.1 Å². The number of ether oxygens (including phenoxy) is 1. The number of carbonyl (C=O) groups excluding carboxylic acids is 2. The molecule has 0 heterocycles. The summed E-state index contributed by atoms with van der Waals surface area (Å²) in [5, 5.41) is 0. The number of halogens is 1.